The van der Waals surface area contributed by atoms with Crippen molar-refractivity contribution in [3.63, 3.8) is 0 Å². The first-order chi connectivity index (χ1) is 11.6. The molecule has 9 heteroatoms. The summed E-state index contributed by atoms with van der Waals surface area (Å²) in [6.07, 6.45) is 0.751. The lowest BCUT2D eigenvalue weighted by atomic mass is 10.4. The zero-order valence-corrected chi connectivity index (χ0v) is 14.0. The third kappa shape index (κ3) is 11.3. The monoisotopic (exact) mass is 348 g/mol. The number of rotatable bonds is 4. The molecule has 1 aliphatic rings. The van der Waals surface area contributed by atoms with Crippen LogP contribution < -0.4 is 0 Å². The van der Waals surface area contributed by atoms with E-state index in [1.165, 1.54) is 0 Å². The average molecular weight is 348 g/mol. The van der Waals surface area contributed by atoms with Crippen molar-refractivity contribution < 1.29 is 34.0 Å². The van der Waals surface area contributed by atoms with E-state index >= 15 is 0 Å². The van der Waals surface area contributed by atoms with Gasteiger partial charge in [-0.25, -0.2) is 0 Å². The van der Waals surface area contributed by atoms with Crippen LogP contribution in [0.2, 0.25) is 0 Å². The summed E-state index contributed by atoms with van der Waals surface area (Å²) in [6.45, 7) is 4.78. The molecule has 0 unspecified atom stereocenters. The van der Waals surface area contributed by atoms with Crippen molar-refractivity contribution in [2.75, 3.05) is 78.9 Å². The second-order valence-electron chi connectivity index (χ2n) is 5.53. The van der Waals surface area contributed by atoms with Crippen LogP contribution >= 0.6 is 0 Å². The summed E-state index contributed by atoms with van der Waals surface area (Å²) in [5, 5.41) is 17.8. The fraction of sp³-hybridized carbons (Fsp3) is 0.867. The molecule has 0 radical (unpaired) electrons. The van der Waals surface area contributed by atoms with Gasteiger partial charge in [-0.1, -0.05) is 0 Å². The molecular formula is C15H28N2O7. The third-order valence-corrected chi connectivity index (χ3v) is 3.50. The van der Waals surface area contributed by atoms with E-state index in [-0.39, 0.29) is 13.1 Å². The van der Waals surface area contributed by atoms with Gasteiger partial charge >= 0.3 is 11.9 Å². The smallest absolute Gasteiger partial charge is 0.317 e. The van der Waals surface area contributed by atoms with Crippen molar-refractivity contribution >= 4 is 11.9 Å². The van der Waals surface area contributed by atoms with E-state index in [4.69, 9.17) is 24.4 Å². The minimum absolute atomic E-state index is 0.0546. The van der Waals surface area contributed by atoms with Crippen molar-refractivity contribution in [3.8, 4) is 0 Å². The van der Waals surface area contributed by atoms with E-state index in [2.05, 4.69) is 0 Å². The highest BCUT2D eigenvalue weighted by Gasteiger charge is 2.12. The van der Waals surface area contributed by atoms with Gasteiger partial charge < -0.3 is 24.4 Å². The molecule has 1 aliphatic heterocycles. The standard InChI is InChI=1S/C15H28N2O7/c18-14(19)12-16-2-8-22-6-1-7-23-9-3-17(13-15(20)21)5-11-24-10-4-16/h1-13H2,(H,18,19)(H,20,21). The van der Waals surface area contributed by atoms with Gasteiger partial charge in [0.1, 0.15) is 0 Å². The summed E-state index contributed by atoms with van der Waals surface area (Å²) in [6, 6.07) is 0. The molecule has 1 rings (SSSR count). The van der Waals surface area contributed by atoms with Crippen LogP contribution in [0.25, 0.3) is 0 Å². The number of carboxylic acids is 2. The Balaban J connectivity index is 2.43. The van der Waals surface area contributed by atoms with E-state index in [1.54, 1.807) is 9.80 Å². The molecule has 0 atom stereocenters. The molecule has 1 saturated heterocycles. The van der Waals surface area contributed by atoms with Gasteiger partial charge in [0.15, 0.2) is 0 Å². The number of nitrogens with zero attached hydrogens (tertiary/aromatic N) is 2. The summed E-state index contributed by atoms with van der Waals surface area (Å²) in [4.78, 5) is 25.3. The van der Waals surface area contributed by atoms with Crippen LogP contribution in [-0.2, 0) is 23.8 Å². The molecule has 1 fully saturated rings. The maximum atomic E-state index is 10.9. The second kappa shape index (κ2) is 13.1. The van der Waals surface area contributed by atoms with Gasteiger partial charge in [-0.2, -0.15) is 0 Å². The summed E-state index contributed by atoms with van der Waals surface area (Å²) in [5.41, 5.74) is 0. The van der Waals surface area contributed by atoms with Crippen LogP contribution in [-0.4, -0.2) is 111 Å². The van der Waals surface area contributed by atoms with Gasteiger partial charge in [0.2, 0.25) is 0 Å². The molecule has 0 spiro atoms. The highest BCUT2D eigenvalue weighted by atomic mass is 16.5. The highest BCUT2D eigenvalue weighted by molar-refractivity contribution is 5.69. The molecule has 24 heavy (non-hydrogen) atoms. The minimum atomic E-state index is -0.884. The molecule has 0 aromatic carbocycles. The lowest BCUT2D eigenvalue weighted by molar-refractivity contribution is -0.139. The van der Waals surface area contributed by atoms with Crippen molar-refractivity contribution in [1.29, 1.82) is 0 Å². The molecule has 0 aromatic heterocycles. The van der Waals surface area contributed by atoms with Crippen LogP contribution in [0.3, 0.4) is 0 Å². The van der Waals surface area contributed by atoms with Crippen molar-refractivity contribution in [3.05, 3.63) is 0 Å². The summed E-state index contributed by atoms with van der Waals surface area (Å²) in [5.74, 6) is -1.77. The Morgan fingerprint density at radius 3 is 1.33 bits per heavy atom. The molecule has 2 N–H and O–H groups in total. The molecular weight excluding hydrogens is 320 g/mol. The van der Waals surface area contributed by atoms with Gasteiger partial charge in [0, 0.05) is 39.4 Å². The Hall–Kier alpha value is -1.26. The van der Waals surface area contributed by atoms with Crippen molar-refractivity contribution in [2.24, 2.45) is 0 Å². The molecule has 0 aliphatic carbocycles. The van der Waals surface area contributed by atoms with E-state index in [0.717, 1.165) is 6.42 Å². The van der Waals surface area contributed by atoms with Gasteiger partial charge in [-0.3, -0.25) is 19.4 Å². The summed E-state index contributed by atoms with van der Waals surface area (Å²) >= 11 is 0. The quantitative estimate of drug-likeness (QED) is 0.676. The minimum Gasteiger partial charge on any atom is -0.480 e. The number of aliphatic carboxylic acids is 2. The summed E-state index contributed by atoms with van der Waals surface area (Å²) in [7, 11) is 0. The van der Waals surface area contributed by atoms with Crippen LogP contribution in [0.15, 0.2) is 0 Å². The van der Waals surface area contributed by atoms with Crippen molar-refractivity contribution in [2.45, 2.75) is 6.42 Å². The maximum Gasteiger partial charge on any atom is 0.317 e. The van der Waals surface area contributed by atoms with Gasteiger partial charge in [-0.15, -0.1) is 0 Å². The largest absolute Gasteiger partial charge is 0.480 e. The first kappa shape index (κ1) is 20.8. The number of hydrogen-bond acceptors (Lipinski definition) is 7. The zero-order chi connectivity index (χ0) is 17.6. The first-order valence-corrected chi connectivity index (χ1v) is 8.19. The normalized spacial score (nSPS) is 21.3. The van der Waals surface area contributed by atoms with E-state index in [9.17, 15) is 9.59 Å². The number of carbonyl (C=O) groups is 2. The first-order valence-electron chi connectivity index (χ1n) is 8.19. The molecule has 0 saturated carbocycles. The van der Waals surface area contributed by atoms with Gasteiger partial charge in [-0.05, 0) is 6.42 Å². The Labute approximate surface area is 142 Å². The number of carboxylic acid groups (broad SMARTS) is 2. The van der Waals surface area contributed by atoms with Gasteiger partial charge in [0.05, 0.1) is 39.5 Å². The van der Waals surface area contributed by atoms with Crippen LogP contribution in [0, 0.1) is 0 Å². The molecule has 1 heterocycles. The molecule has 9 nitrogen and oxygen atoms in total. The number of hydrogen-bond donors (Lipinski definition) is 2. The molecule has 0 aromatic rings. The van der Waals surface area contributed by atoms with Crippen LogP contribution in [0.4, 0.5) is 0 Å². The molecule has 0 amide bonds. The SMILES string of the molecule is O=C(O)CN1CCOCCCOCCN(CC(=O)O)CCOCC1. The predicted octanol–water partition coefficient (Wildman–Crippen LogP) is -0.787. The van der Waals surface area contributed by atoms with Gasteiger partial charge in [0.25, 0.3) is 0 Å². The Bertz CT molecular complexity index is 336. The average Bonchev–Trinajstić information content (AvgIpc) is 2.50. The Kier molecular flexibility index (Phi) is 11.3. The highest BCUT2D eigenvalue weighted by Crippen LogP contribution is 1.95. The lowest BCUT2D eigenvalue weighted by Crippen LogP contribution is -2.37. The zero-order valence-electron chi connectivity index (χ0n) is 14.0. The Morgan fingerprint density at radius 2 is 1.00 bits per heavy atom. The maximum absolute atomic E-state index is 10.9. The number of ether oxygens (including phenoxy) is 3. The fourth-order valence-corrected chi connectivity index (χ4v) is 2.27. The van der Waals surface area contributed by atoms with Crippen LogP contribution in [0.5, 0.6) is 0 Å². The summed E-state index contributed by atoms with van der Waals surface area (Å²) < 4.78 is 16.5. The second-order valence-corrected chi connectivity index (χ2v) is 5.53. The lowest BCUT2D eigenvalue weighted by Gasteiger charge is -2.22. The van der Waals surface area contributed by atoms with Crippen molar-refractivity contribution in [1.82, 2.24) is 9.80 Å². The predicted molar refractivity (Wildman–Crippen MR) is 85.2 cm³/mol. The third-order valence-electron chi connectivity index (χ3n) is 3.50. The Morgan fingerprint density at radius 1 is 0.667 bits per heavy atom. The topological polar surface area (TPSA) is 109 Å². The van der Waals surface area contributed by atoms with Crippen LogP contribution in [0.1, 0.15) is 6.42 Å². The van der Waals surface area contributed by atoms with E-state index < -0.39 is 11.9 Å². The molecule has 140 valence electrons. The molecule has 0 bridgehead atoms. The van der Waals surface area contributed by atoms with E-state index in [1.807, 2.05) is 0 Å². The fourth-order valence-electron chi connectivity index (χ4n) is 2.27. The van der Waals surface area contributed by atoms with E-state index in [0.29, 0.717) is 65.8 Å².